The average Bonchev–Trinajstić information content (AvgIpc) is 2.92. The zero-order valence-electron chi connectivity index (χ0n) is 26.6. The maximum absolute atomic E-state index is 10.9. The van der Waals surface area contributed by atoms with Crippen molar-refractivity contribution in [2.24, 2.45) is 5.73 Å². The molecule has 0 aromatic rings. The van der Waals surface area contributed by atoms with Gasteiger partial charge in [-0.05, 0) is 41.0 Å². The van der Waals surface area contributed by atoms with Gasteiger partial charge in [-0.2, -0.15) is 0 Å². The molecule has 0 rings (SSSR count). The summed E-state index contributed by atoms with van der Waals surface area (Å²) in [6, 6.07) is -1.89. The molecule has 14 heteroatoms. The Hall–Kier alpha value is -1.91. The first-order chi connectivity index (χ1) is 19.2. The Balaban J connectivity index is -0.000000151. The molecule has 0 spiro atoms. The Labute approximate surface area is 247 Å². The molecule has 8 N–H and O–H groups in total. The number of aliphatic carboxylic acids is 3. The first-order valence-electron chi connectivity index (χ1n) is 14.1. The van der Waals surface area contributed by atoms with Gasteiger partial charge in [0.05, 0.1) is 26.4 Å². The van der Waals surface area contributed by atoms with Gasteiger partial charge in [-0.25, -0.2) is 0 Å². The van der Waals surface area contributed by atoms with Gasteiger partial charge in [-0.1, -0.05) is 27.2 Å². The van der Waals surface area contributed by atoms with E-state index in [1.54, 1.807) is 6.92 Å². The van der Waals surface area contributed by atoms with Crippen LogP contribution < -0.4 is 5.73 Å². The quantitative estimate of drug-likeness (QED) is 0.108. The Bertz CT molecular complexity index is 553. The molecule has 0 aliphatic heterocycles. The van der Waals surface area contributed by atoms with E-state index in [1.165, 1.54) is 25.2 Å². The molecule has 0 saturated heterocycles. The van der Waals surface area contributed by atoms with E-state index in [1.807, 2.05) is 25.7 Å². The second-order valence-electron chi connectivity index (χ2n) is 8.50. The summed E-state index contributed by atoms with van der Waals surface area (Å²) in [5.41, 5.74) is 4.84. The van der Waals surface area contributed by atoms with Crippen LogP contribution >= 0.6 is 0 Å². The van der Waals surface area contributed by atoms with Crippen LogP contribution in [0.3, 0.4) is 0 Å². The first kappa shape index (κ1) is 48.8. The summed E-state index contributed by atoms with van der Waals surface area (Å²) in [5.74, 6) is -2.72. The Morgan fingerprint density at radius 3 is 1.07 bits per heavy atom. The van der Waals surface area contributed by atoms with Gasteiger partial charge in [-0.3, -0.25) is 24.2 Å². The lowest BCUT2D eigenvalue weighted by Gasteiger charge is -2.25. The van der Waals surface area contributed by atoms with Gasteiger partial charge in [-0.15, -0.1) is 0 Å². The molecular weight excluding hydrogens is 542 g/mol. The number of hydrogen-bond acceptors (Lipinski definition) is 11. The molecule has 0 bridgehead atoms. The van der Waals surface area contributed by atoms with E-state index in [0.29, 0.717) is 46.1 Å². The number of aliphatic hydroxyl groups excluding tert-OH is 3. The van der Waals surface area contributed by atoms with Crippen molar-refractivity contribution in [3.05, 3.63) is 0 Å². The highest BCUT2D eigenvalue weighted by Gasteiger charge is 2.20. The number of nitrogens with zero attached hydrogens (tertiary/aromatic N) is 2. The minimum atomic E-state index is -0.963. The van der Waals surface area contributed by atoms with Crippen molar-refractivity contribution in [3.63, 3.8) is 0 Å². The third kappa shape index (κ3) is 40.3. The van der Waals surface area contributed by atoms with Crippen molar-refractivity contribution in [1.29, 1.82) is 0 Å². The number of carboxylic acids is 3. The summed E-state index contributed by atoms with van der Waals surface area (Å²) in [5, 5.41) is 50.4. The zero-order valence-corrected chi connectivity index (χ0v) is 26.6. The third-order valence-electron chi connectivity index (χ3n) is 4.65. The molecule has 0 radical (unpaired) electrons. The smallest absolute Gasteiger partial charge is 0.320 e. The molecule has 250 valence electrons. The zero-order chi connectivity index (χ0) is 33.2. The largest absolute Gasteiger partial charge is 0.480 e. The third-order valence-corrected chi connectivity index (χ3v) is 4.65. The summed E-state index contributed by atoms with van der Waals surface area (Å²) in [6.45, 7) is 19.0. The van der Waals surface area contributed by atoms with Crippen molar-refractivity contribution in [2.75, 3.05) is 72.4 Å². The van der Waals surface area contributed by atoms with Crippen molar-refractivity contribution in [1.82, 2.24) is 9.80 Å². The van der Waals surface area contributed by atoms with Gasteiger partial charge in [0.25, 0.3) is 0 Å². The molecule has 0 aromatic heterocycles. The summed E-state index contributed by atoms with van der Waals surface area (Å²) < 4.78 is 10.4. The predicted octanol–water partition coefficient (Wildman–Crippen LogP) is 0.804. The van der Waals surface area contributed by atoms with E-state index in [4.69, 9.17) is 45.8 Å². The van der Waals surface area contributed by atoms with Crippen LogP contribution in [0.5, 0.6) is 0 Å². The first-order valence-corrected chi connectivity index (χ1v) is 14.1. The maximum Gasteiger partial charge on any atom is 0.320 e. The van der Waals surface area contributed by atoms with Crippen LogP contribution in [0, 0.1) is 0 Å². The lowest BCUT2D eigenvalue weighted by atomic mass is 10.3. The van der Waals surface area contributed by atoms with Gasteiger partial charge in [0, 0.05) is 46.0 Å². The fourth-order valence-electron chi connectivity index (χ4n) is 2.22. The van der Waals surface area contributed by atoms with Crippen molar-refractivity contribution in [2.45, 2.75) is 86.4 Å². The van der Waals surface area contributed by atoms with E-state index in [0.717, 1.165) is 6.42 Å². The Kier molecular flexibility index (Phi) is 45.3. The summed E-state index contributed by atoms with van der Waals surface area (Å²) in [7, 11) is 0. The number of rotatable bonds is 18. The normalized spacial score (nSPS) is 12.1. The molecule has 0 amide bonds. The maximum atomic E-state index is 10.9. The van der Waals surface area contributed by atoms with Gasteiger partial charge in [0.2, 0.25) is 0 Å². The van der Waals surface area contributed by atoms with Crippen molar-refractivity contribution >= 4 is 17.9 Å². The van der Waals surface area contributed by atoms with Crippen LogP contribution in [0.2, 0.25) is 0 Å². The molecule has 0 aliphatic rings. The van der Waals surface area contributed by atoms with Crippen LogP contribution in [0.25, 0.3) is 0 Å². The minimum absolute atomic E-state index is 0.0996. The van der Waals surface area contributed by atoms with E-state index in [-0.39, 0.29) is 26.3 Å². The second-order valence-corrected chi connectivity index (χ2v) is 8.50. The SMILES string of the molecule is CC(C(=O)O)N(CCO)CCO.CC(N)C(=O)O.CCC.CCCO.CCOCCN(CCOCC)C(C)C(=O)O. The molecule has 0 aliphatic carbocycles. The highest BCUT2D eigenvalue weighted by Crippen LogP contribution is 2.00. The number of ether oxygens (including phenoxy) is 2. The van der Waals surface area contributed by atoms with Crippen LogP contribution in [0.4, 0.5) is 0 Å². The van der Waals surface area contributed by atoms with Crippen LogP contribution in [0.1, 0.15) is 68.2 Å². The number of nitrogens with two attached hydrogens (primary N) is 1. The Morgan fingerprint density at radius 2 is 0.902 bits per heavy atom. The van der Waals surface area contributed by atoms with Crippen molar-refractivity contribution < 1.29 is 54.5 Å². The molecule has 3 atom stereocenters. The molecule has 0 saturated carbocycles. The van der Waals surface area contributed by atoms with Gasteiger partial charge < -0.3 is 45.8 Å². The fourth-order valence-corrected chi connectivity index (χ4v) is 2.22. The van der Waals surface area contributed by atoms with E-state index in [9.17, 15) is 14.4 Å². The van der Waals surface area contributed by atoms with Crippen LogP contribution in [-0.2, 0) is 23.9 Å². The lowest BCUT2D eigenvalue weighted by molar-refractivity contribution is -0.144. The average molecular weight is 604 g/mol. The monoisotopic (exact) mass is 603 g/mol. The number of hydrogen-bond donors (Lipinski definition) is 7. The van der Waals surface area contributed by atoms with Gasteiger partial charge in [0.1, 0.15) is 18.1 Å². The second kappa shape index (κ2) is 38.1. The summed E-state index contributed by atoms with van der Waals surface area (Å²) in [6.07, 6.45) is 2.12. The summed E-state index contributed by atoms with van der Waals surface area (Å²) >= 11 is 0. The summed E-state index contributed by atoms with van der Waals surface area (Å²) in [4.78, 5) is 34.3. The topological polar surface area (TPSA) is 224 Å². The van der Waals surface area contributed by atoms with Gasteiger partial charge >= 0.3 is 17.9 Å². The molecule has 3 unspecified atom stereocenters. The molecule has 14 nitrogen and oxygen atoms in total. The number of carbonyl (C=O) groups is 3. The highest BCUT2D eigenvalue weighted by molar-refractivity contribution is 5.73. The van der Waals surface area contributed by atoms with Crippen LogP contribution in [-0.4, -0.2) is 149 Å². The van der Waals surface area contributed by atoms with E-state index < -0.39 is 36.0 Å². The van der Waals surface area contributed by atoms with E-state index in [2.05, 4.69) is 13.8 Å². The van der Waals surface area contributed by atoms with Crippen molar-refractivity contribution in [3.8, 4) is 0 Å². The van der Waals surface area contributed by atoms with Gasteiger partial charge in [0.15, 0.2) is 0 Å². The molecule has 0 fully saturated rings. The molecule has 41 heavy (non-hydrogen) atoms. The predicted molar refractivity (Wildman–Crippen MR) is 159 cm³/mol. The van der Waals surface area contributed by atoms with Crippen LogP contribution in [0.15, 0.2) is 0 Å². The van der Waals surface area contributed by atoms with E-state index >= 15 is 0 Å². The molecule has 0 aromatic carbocycles. The highest BCUT2D eigenvalue weighted by atomic mass is 16.5. The lowest BCUT2D eigenvalue weighted by Crippen LogP contribution is -2.42. The number of aliphatic hydroxyl groups is 3. The Morgan fingerprint density at radius 1 is 0.634 bits per heavy atom. The molecule has 0 heterocycles. The molecular formula is C27H61N3O11. The fraction of sp³-hybridized carbons (Fsp3) is 0.889. The minimum Gasteiger partial charge on any atom is -0.480 e. The number of carboxylic acid groups (broad SMARTS) is 3. The standard InChI is InChI=1S/C11H23NO4.C7H15NO4.C3H7NO2.C3H8O.C3H8/c1-4-15-8-6-12(7-9-16-5-2)10(3)11(13)14;1-6(7(11)12)8(2-4-9)3-5-10;1-2(4)3(5)6;1-2-3-4;1-3-2/h10H,4-9H2,1-3H3,(H,13,14);6,9-10H,2-5H2,1H3,(H,11,12);2H,4H2,1H3,(H,5,6);4H,2-3H2,1H3;3H2,1-2H3.